The lowest BCUT2D eigenvalue weighted by atomic mass is 9.93. The lowest BCUT2D eigenvalue weighted by Crippen LogP contribution is -2.36. The summed E-state index contributed by atoms with van der Waals surface area (Å²) in [4.78, 5) is 24.2. The van der Waals surface area contributed by atoms with Crippen LogP contribution in [0, 0.1) is 17.8 Å². The highest BCUT2D eigenvalue weighted by atomic mass is 16.2. The number of hydrogen-bond donors (Lipinski definition) is 0. The summed E-state index contributed by atoms with van der Waals surface area (Å²) in [6.07, 6.45) is 10.7. The van der Waals surface area contributed by atoms with Crippen LogP contribution in [0.2, 0.25) is 0 Å². The maximum Gasteiger partial charge on any atom is 0.272 e. The molecule has 3 atom stereocenters. The number of nitrogens with zero attached hydrogens (tertiary/aromatic N) is 3. The van der Waals surface area contributed by atoms with Crippen molar-refractivity contribution in [3.63, 3.8) is 0 Å². The molecule has 1 fully saturated rings. The SMILES string of the molecule is O=C(c1ccc2ccccc2n1)N(Cc1cccnc1)CC1CC2C=CC1C2. The summed E-state index contributed by atoms with van der Waals surface area (Å²) in [7, 11) is 0. The van der Waals surface area contributed by atoms with Gasteiger partial charge in [0.1, 0.15) is 5.69 Å². The Hall–Kier alpha value is -3.01. The van der Waals surface area contributed by atoms with Crippen molar-refractivity contribution in [2.75, 3.05) is 6.54 Å². The Bertz CT molecular complexity index is 1030. The molecule has 1 aromatic carbocycles. The number of allylic oxidation sites excluding steroid dienone is 2. The molecule has 1 amide bonds. The topological polar surface area (TPSA) is 46.1 Å². The number of hydrogen-bond acceptors (Lipinski definition) is 3. The van der Waals surface area contributed by atoms with Gasteiger partial charge in [-0.15, -0.1) is 0 Å². The highest BCUT2D eigenvalue weighted by Gasteiger charge is 2.37. The minimum absolute atomic E-state index is 0.00126. The molecule has 2 heterocycles. The van der Waals surface area contributed by atoms with E-state index in [0.29, 0.717) is 30.0 Å². The van der Waals surface area contributed by atoms with E-state index < -0.39 is 0 Å². The molecule has 0 saturated heterocycles. The number of carbonyl (C=O) groups excluding carboxylic acids is 1. The second kappa shape index (κ2) is 7.19. The van der Waals surface area contributed by atoms with E-state index in [9.17, 15) is 4.79 Å². The minimum Gasteiger partial charge on any atom is -0.333 e. The first-order valence-electron chi connectivity index (χ1n) is 9.98. The number of pyridine rings is 2. The molecule has 0 radical (unpaired) electrons. The van der Waals surface area contributed by atoms with Crippen molar-refractivity contribution in [1.82, 2.24) is 14.9 Å². The van der Waals surface area contributed by atoms with Crippen LogP contribution in [0.1, 0.15) is 28.9 Å². The Morgan fingerprint density at radius 1 is 1.04 bits per heavy atom. The van der Waals surface area contributed by atoms with Crippen molar-refractivity contribution >= 4 is 16.8 Å². The van der Waals surface area contributed by atoms with Crippen molar-refractivity contribution in [2.24, 2.45) is 17.8 Å². The Labute approximate surface area is 164 Å². The van der Waals surface area contributed by atoms with Crippen molar-refractivity contribution in [1.29, 1.82) is 0 Å². The molecule has 2 aliphatic rings. The van der Waals surface area contributed by atoms with E-state index in [1.807, 2.05) is 59.6 Å². The predicted molar refractivity (Wildman–Crippen MR) is 110 cm³/mol. The molecular formula is C24H23N3O. The number of carbonyl (C=O) groups is 1. The summed E-state index contributed by atoms with van der Waals surface area (Å²) in [5, 5.41) is 1.05. The summed E-state index contributed by atoms with van der Waals surface area (Å²) in [6.45, 7) is 1.34. The molecule has 0 aliphatic heterocycles. The van der Waals surface area contributed by atoms with E-state index in [1.54, 1.807) is 6.20 Å². The van der Waals surface area contributed by atoms with E-state index in [2.05, 4.69) is 22.1 Å². The highest BCUT2D eigenvalue weighted by molar-refractivity contribution is 5.94. The third kappa shape index (κ3) is 3.31. The quantitative estimate of drug-likeness (QED) is 0.623. The van der Waals surface area contributed by atoms with Gasteiger partial charge >= 0.3 is 0 Å². The molecule has 3 aromatic rings. The van der Waals surface area contributed by atoms with Crippen molar-refractivity contribution in [3.05, 3.63) is 84.3 Å². The molecule has 2 aromatic heterocycles. The normalized spacial score (nSPS) is 22.6. The first-order valence-corrected chi connectivity index (χ1v) is 9.98. The van der Waals surface area contributed by atoms with E-state index in [-0.39, 0.29) is 5.91 Å². The van der Waals surface area contributed by atoms with Gasteiger partial charge in [-0.25, -0.2) is 4.98 Å². The molecule has 28 heavy (non-hydrogen) atoms. The van der Waals surface area contributed by atoms with Gasteiger partial charge in [0.05, 0.1) is 5.52 Å². The number of rotatable bonds is 5. The van der Waals surface area contributed by atoms with Gasteiger partial charge in [-0.05, 0) is 54.4 Å². The zero-order valence-electron chi connectivity index (χ0n) is 15.7. The number of para-hydroxylation sites is 1. The van der Waals surface area contributed by atoms with Crippen LogP contribution in [0.25, 0.3) is 10.9 Å². The molecule has 0 N–H and O–H groups in total. The maximum atomic E-state index is 13.4. The van der Waals surface area contributed by atoms with Gasteiger partial charge in [0.2, 0.25) is 0 Å². The average Bonchev–Trinajstić information content (AvgIpc) is 3.36. The largest absolute Gasteiger partial charge is 0.333 e. The lowest BCUT2D eigenvalue weighted by Gasteiger charge is -2.28. The summed E-state index contributed by atoms with van der Waals surface area (Å²) < 4.78 is 0. The van der Waals surface area contributed by atoms with Crippen LogP contribution < -0.4 is 0 Å². The maximum absolute atomic E-state index is 13.4. The van der Waals surface area contributed by atoms with Crippen molar-refractivity contribution in [3.8, 4) is 0 Å². The van der Waals surface area contributed by atoms with Crippen LogP contribution in [0.3, 0.4) is 0 Å². The van der Waals surface area contributed by atoms with Gasteiger partial charge < -0.3 is 4.90 Å². The van der Waals surface area contributed by atoms with E-state index in [1.165, 1.54) is 12.8 Å². The second-order valence-electron chi connectivity index (χ2n) is 7.98. The summed E-state index contributed by atoms with van der Waals surface area (Å²) in [5.41, 5.74) is 2.43. The fraction of sp³-hybridized carbons (Fsp3) is 0.292. The van der Waals surface area contributed by atoms with Crippen LogP contribution in [-0.2, 0) is 6.54 Å². The van der Waals surface area contributed by atoms with Crippen molar-refractivity contribution < 1.29 is 4.79 Å². The number of aromatic nitrogens is 2. The number of benzene rings is 1. The van der Waals surface area contributed by atoms with Crippen molar-refractivity contribution in [2.45, 2.75) is 19.4 Å². The molecule has 4 nitrogen and oxygen atoms in total. The lowest BCUT2D eigenvalue weighted by molar-refractivity contribution is 0.0699. The Balaban J connectivity index is 1.43. The summed E-state index contributed by atoms with van der Waals surface area (Å²) >= 11 is 0. The van der Waals surface area contributed by atoms with E-state index in [0.717, 1.165) is 23.0 Å². The number of amides is 1. The molecule has 140 valence electrons. The average molecular weight is 369 g/mol. The first kappa shape index (κ1) is 17.1. The number of fused-ring (bicyclic) bond motifs is 3. The van der Waals surface area contributed by atoms with Gasteiger partial charge in [0.15, 0.2) is 0 Å². The fourth-order valence-corrected chi connectivity index (χ4v) is 4.67. The summed E-state index contributed by atoms with van der Waals surface area (Å²) in [6, 6.07) is 15.7. The third-order valence-corrected chi connectivity index (χ3v) is 6.07. The molecule has 0 spiro atoms. The minimum atomic E-state index is 0.00126. The zero-order chi connectivity index (χ0) is 18.9. The van der Waals surface area contributed by atoms with E-state index >= 15 is 0 Å². The second-order valence-corrected chi connectivity index (χ2v) is 7.98. The predicted octanol–water partition coefficient (Wildman–Crippen LogP) is 4.48. The molecular weight excluding hydrogens is 346 g/mol. The van der Waals surface area contributed by atoms with Crippen LogP contribution in [0.15, 0.2) is 73.1 Å². The van der Waals surface area contributed by atoms with Gasteiger partial charge in [-0.3, -0.25) is 9.78 Å². The molecule has 1 saturated carbocycles. The fourth-order valence-electron chi connectivity index (χ4n) is 4.67. The van der Waals surface area contributed by atoms with Gasteiger partial charge in [0, 0.05) is 30.9 Å². The standard InChI is InChI=1S/C24H23N3O/c28-24(23-10-9-19-5-1-2-6-22(19)26-23)27(15-18-4-3-11-25-14-18)16-21-13-17-7-8-20(21)12-17/h1-11,14,17,20-21H,12-13,15-16H2. The monoisotopic (exact) mass is 369 g/mol. The Kier molecular flexibility index (Phi) is 4.40. The smallest absolute Gasteiger partial charge is 0.272 e. The molecule has 3 unspecified atom stereocenters. The van der Waals surface area contributed by atoms with Crippen LogP contribution in [0.4, 0.5) is 0 Å². The Morgan fingerprint density at radius 2 is 1.96 bits per heavy atom. The first-order chi connectivity index (χ1) is 13.8. The van der Waals surface area contributed by atoms with Gasteiger partial charge in [-0.1, -0.05) is 42.5 Å². The van der Waals surface area contributed by atoms with Gasteiger partial charge in [0.25, 0.3) is 5.91 Å². The molecule has 4 heteroatoms. The van der Waals surface area contributed by atoms with Crippen LogP contribution in [-0.4, -0.2) is 27.3 Å². The molecule has 2 bridgehead atoms. The zero-order valence-corrected chi connectivity index (χ0v) is 15.7. The highest BCUT2D eigenvalue weighted by Crippen LogP contribution is 2.43. The summed E-state index contributed by atoms with van der Waals surface area (Å²) in [5.74, 6) is 1.85. The third-order valence-electron chi connectivity index (χ3n) is 6.07. The van der Waals surface area contributed by atoms with Gasteiger partial charge in [-0.2, -0.15) is 0 Å². The molecule has 2 aliphatic carbocycles. The van der Waals surface area contributed by atoms with E-state index in [4.69, 9.17) is 0 Å². The van der Waals surface area contributed by atoms with Crippen LogP contribution >= 0.6 is 0 Å². The Morgan fingerprint density at radius 3 is 2.75 bits per heavy atom. The van der Waals surface area contributed by atoms with Crippen LogP contribution in [0.5, 0.6) is 0 Å². The molecule has 5 rings (SSSR count).